The number of benzene rings is 2. The van der Waals surface area contributed by atoms with Crippen LogP contribution >= 0.6 is 0 Å². The van der Waals surface area contributed by atoms with Crippen molar-refractivity contribution < 1.29 is 13.9 Å². The van der Waals surface area contributed by atoms with Crippen LogP contribution in [-0.4, -0.2) is 34.9 Å². The number of likely N-dealkylation sites (N-methyl/N-ethyl adjacent to an activating group) is 1. The second kappa shape index (κ2) is 7.74. The van der Waals surface area contributed by atoms with Crippen LogP contribution in [0.4, 0.5) is 4.39 Å². The fourth-order valence-electron chi connectivity index (χ4n) is 2.50. The Labute approximate surface area is 150 Å². The maximum absolute atomic E-state index is 13.7. The summed E-state index contributed by atoms with van der Waals surface area (Å²) in [6, 6.07) is 12.2. The number of carbonyl (C=O) groups excluding carboxylic acids is 1. The monoisotopic (exact) mass is 351 g/mol. The molecule has 1 amide bonds. The first-order valence-corrected chi connectivity index (χ1v) is 8.04. The Morgan fingerprint density at radius 3 is 2.73 bits per heavy atom. The quantitative estimate of drug-likeness (QED) is 0.661. The summed E-state index contributed by atoms with van der Waals surface area (Å²) in [4.78, 5) is 22.5. The van der Waals surface area contributed by atoms with Gasteiger partial charge in [-0.2, -0.15) is 0 Å². The standard InChI is InChI=1S/C20H18FN3O2/c1-24(13-14-7-9-19(26-2)16(21)11-14)20(25)10-8-15-12-22-17-5-3-4-6-18(17)23-15/h3-12H,13H2,1-2H3/b10-8+. The highest BCUT2D eigenvalue weighted by atomic mass is 19.1. The van der Waals surface area contributed by atoms with Crippen molar-refractivity contribution in [2.24, 2.45) is 0 Å². The van der Waals surface area contributed by atoms with Crippen molar-refractivity contribution in [2.45, 2.75) is 6.54 Å². The number of hydrogen-bond donors (Lipinski definition) is 0. The van der Waals surface area contributed by atoms with E-state index >= 15 is 0 Å². The molecule has 0 aliphatic heterocycles. The molecule has 6 heteroatoms. The van der Waals surface area contributed by atoms with Crippen molar-refractivity contribution in [3.8, 4) is 5.75 Å². The topological polar surface area (TPSA) is 55.3 Å². The highest BCUT2D eigenvalue weighted by molar-refractivity contribution is 5.91. The average Bonchev–Trinajstić information content (AvgIpc) is 2.66. The Hall–Kier alpha value is -3.28. The molecule has 26 heavy (non-hydrogen) atoms. The number of ether oxygens (including phenoxy) is 1. The van der Waals surface area contributed by atoms with Gasteiger partial charge in [-0.1, -0.05) is 18.2 Å². The molecule has 0 atom stereocenters. The van der Waals surface area contributed by atoms with E-state index in [-0.39, 0.29) is 18.2 Å². The Morgan fingerprint density at radius 1 is 1.23 bits per heavy atom. The average molecular weight is 351 g/mol. The maximum Gasteiger partial charge on any atom is 0.246 e. The van der Waals surface area contributed by atoms with Crippen LogP contribution in [0.1, 0.15) is 11.3 Å². The molecule has 0 spiro atoms. The fraction of sp³-hybridized carbons (Fsp3) is 0.150. The number of hydrogen-bond acceptors (Lipinski definition) is 4. The largest absolute Gasteiger partial charge is 0.494 e. The lowest BCUT2D eigenvalue weighted by molar-refractivity contribution is -0.125. The number of fused-ring (bicyclic) bond motifs is 1. The third-order valence-corrected chi connectivity index (χ3v) is 3.88. The van der Waals surface area contributed by atoms with E-state index in [4.69, 9.17) is 4.74 Å². The summed E-state index contributed by atoms with van der Waals surface area (Å²) < 4.78 is 18.6. The summed E-state index contributed by atoms with van der Waals surface area (Å²) in [5.41, 5.74) is 2.85. The lowest BCUT2D eigenvalue weighted by Crippen LogP contribution is -2.24. The molecule has 1 heterocycles. The van der Waals surface area contributed by atoms with E-state index < -0.39 is 5.82 Å². The molecule has 0 saturated carbocycles. The molecule has 0 radical (unpaired) electrons. The first-order chi connectivity index (χ1) is 12.6. The minimum atomic E-state index is -0.451. The van der Waals surface area contributed by atoms with Crippen LogP contribution < -0.4 is 4.74 Å². The van der Waals surface area contributed by atoms with E-state index in [1.165, 1.54) is 24.2 Å². The first kappa shape index (κ1) is 17.5. The Balaban J connectivity index is 1.67. The molecule has 5 nitrogen and oxygen atoms in total. The molecule has 0 N–H and O–H groups in total. The van der Waals surface area contributed by atoms with Crippen LogP contribution in [0, 0.1) is 5.82 Å². The normalized spacial score (nSPS) is 11.0. The van der Waals surface area contributed by atoms with Gasteiger partial charge >= 0.3 is 0 Å². The van der Waals surface area contributed by atoms with Crippen molar-refractivity contribution in [1.82, 2.24) is 14.9 Å². The molecule has 1 aromatic heterocycles. The first-order valence-electron chi connectivity index (χ1n) is 8.04. The summed E-state index contributed by atoms with van der Waals surface area (Å²) in [5.74, 6) is -0.485. The van der Waals surface area contributed by atoms with Gasteiger partial charge in [0.25, 0.3) is 0 Å². The molecule has 0 aliphatic rings. The van der Waals surface area contributed by atoms with Gasteiger partial charge in [0.1, 0.15) is 0 Å². The predicted molar refractivity (Wildman–Crippen MR) is 98.0 cm³/mol. The minimum absolute atomic E-state index is 0.178. The van der Waals surface area contributed by atoms with Gasteiger partial charge in [-0.25, -0.2) is 9.37 Å². The zero-order chi connectivity index (χ0) is 18.5. The van der Waals surface area contributed by atoms with Crippen molar-refractivity contribution >= 4 is 23.0 Å². The van der Waals surface area contributed by atoms with Gasteiger partial charge in [-0.05, 0) is 35.9 Å². The number of aromatic nitrogens is 2. The molecule has 3 rings (SSSR count). The molecule has 0 saturated heterocycles. The summed E-state index contributed by atoms with van der Waals surface area (Å²) in [5, 5.41) is 0. The van der Waals surface area contributed by atoms with Crippen LogP contribution in [0.5, 0.6) is 5.75 Å². The van der Waals surface area contributed by atoms with Gasteiger partial charge < -0.3 is 9.64 Å². The third-order valence-electron chi connectivity index (χ3n) is 3.88. The molecule has 0 bridgehead atoms. The molecule has 0 aliphatic carbocycles. The smallest absolute Gasteiger partial charge is 0.246 e. The maximum atomic E-state index is 13.7. The molecule has 2 aromatic carbocycles. The van der Waals surface area contributed by atoms with Crippen LogP contribution in [0.2, 0.25) is 0 Å². The zero-order valence-electron chi connectivity index (χ0n) is 14.5. The number of amides is 1. The van der Waals surface area contributed by atoms with Gasteiger partial charge in [0, 0.05) is 19.7 Å². The van der Waals surface area contributed by atoms with Crippen molar-refractivity contribution in [1.29, 1.82) is 0 Å². The van der Waals surface area contributed by atoms with Gasteiger partial charge in [0.2, 0.25) is 5.91 Å². The van der Waals surface area contributed by atoms with Crippen molar-refractivity contribution in [3.05, 3.63) is 71.8 Å². The highest BCUT2D eigenvalue weighted by Gasteiger charge is 2.09. The summed E-state index contributed by atoms with van der Waals surface area (Å²) in [7, 11) is 3.06. The molecule has 132 valence electrons. The van der Waals surface area contributed by atoms with Crippen LogP contribution in [0.15, 0.2) is 54.7 Å². The van der Waals surface area contributed by atoms with E-state index in [0.717, 1.165) is 11.0 Å². The van der Waals surface area contributed by atoms with Gasteiger partial charge in [-0.3, -0.25) is 9.78 Å². The molecular weight excluding hydrogens is 333 g/mol. The Bertz CT molecular complexity index is 972. The fourth-order valence-corrected chi connectivity index (χ4v) is 2.50. The van der Waals surface area contributed by atoms with Crippen molar-refractivity contribution in [3.63, 3.8) is 0 Å². The molecule has 3 aromatic rings. The highest BCUT2D eigenvalue weighted by Crippen LogP contribution is 2.18. The summed E-state index contributed by atoms with van der Waals surface area (Å²) >= 11 is 0. The number of para-hydroxylation sites is 2. The van der Waals surface area contributed by atoms with Gasteiger partial charge in [0.15, 0.2) is 11.6 Å². The Morgan fingerprint density at radius 2 is 2.00 bits per heavy atom. The van der Waals surface area contributed by atoms with Gasteiger partial charge in [-0.15, -0.1) is 0 Å². The van der Waals surface area contributed by atoms with E-state index in [1.807, 2.05) is 24.3 Å². The summed E-state index contributed by atoms with van der Waals surface area (Å²) in [6.45, 7) is 0.285. The van der Waals surface area contributed by atoms with Crippen LogP contribution in [0.25, 0.3) is 17.1 Å². The number of methoxy groups -OCH3 is 1. The zero-order valence-corrected chi connectivity index (χ0v) is 14.5. The van der Waals surface area contributed by atoms with E-state index in [0.29, 0.717) is 11.3 Å². The Kier molecular flexibility index (Phi) is 5.22. The van der Waals surface area contributed by atoms with Crippen LogP contribution in [-0.2, 0) is 11.3 Å². The number of halogens is 1. The third kappa shape index (κ3) is 4.03. The van der Waals surface area contributed by atoms with Gasteiger partial charge in [0.05, 0.1) is 30.0 Å². The van der Waals surface area contributed by atoms with Crippen molar-refractivity contribution in [2.75, 3.05) is 14.2 Å². The lowest BCUT2D eigenvalue weighted by Gasteiger charge is -2.15. The van der Waals surface area contributed by atoms with Crippen LogP contribution in [0.3, 0.4) is 0 Å². The SMILES string of the molecule is COc1ccc(CN(C)C(=O)/C=C/c2cnc3ccccc3n2)cc1F. The van der Waals surface area contributed by atoms with E-state index in [1.54, 1.807) is 31.5 Å². The molecule has 0 unspecified atom stereocenters. The predicted octanol–water partition coefficient (Wildman–Crippen LogP) is 3.45. The minimum Gasteiger partial charge on any atom is -0.494 e. The number of carbonyl (C=O) groups is 1. The van der Waals surface area contributed by atoms with E-state index in [2.05, 4.69) is 9.97 Å². The lowest BCUT2D eigenvalue weighted by atomic mass is 10.2. The molecular formula is C20H18FN3O2. The van der Waals surface area contributed by atoms with E-state index in [9.17, 15) is 9.18 Å². The number of rotatable bonds is 5. The molecule has 0 fully saturated rings. The number of nitrogens with zero attached hydrogens (tertiary/aromatic N) is 3. The second-order valence-corrected chi connectivity index (χ2v) is 5.78. The second-order valence-electron chi connectivity index (χ2n) is 5.78. The summed E-state index contributed by atoms with van der Waals surface area (Å²) in [6.07, 6.45) is 4.66.